The Hall–Kier alpha value is -2.60. The number of carbonyl (C=O) groups excluding carboxylic acids is 1. The SMILES string of the molecule is COC(=O)c1ccc(-c2ccc(CNCCC(C)(C)C(=O)O)o2)cc1. The summed E-state index contributed by atoms with van der Waals surface area (Å²) in [5, 5.41) is 12.3. The normalized spacial score (nSPS) is 11.3. The van der Waals surface area contributed by atoms with Crippen LogP contribution in [0.2, 0.25) is 0 Å². The van der Waals surface area contributed by atoms with Crippen molar-refractivity contribution in [3.8, 4) is 11.3 Å². The molecule has 0 spiro atoms. The molecule has 0 aliphatic heterocycles. The third-order valence-electron chi connectivity index (χ3n) is 4.06. The second-order valence-corrected chi connectivity index (χ2v) is 6.45. The van der Waals surface area contributed by atoms with Crippen LogP contribution in [-0.2, 0) is 16.1 Å². The van der Waals surface area contributed by atoms with Gasteiger partial charge in [-0.2, -0.15) is 0 Å². The van der Waals surface area contributed by atoms with Crippen molar-refractivity contribution in [3.05, 3.63) is 47.7 Å². The Labute approximate surface area is 146 Å². The average molecular weight is 345 g/mol. The molecule has 0 aliphatic carbocycles. The number of carboxylic acid groups (broad SMARTS) is 1. The number of nitrogens with one attached hydrogen (secondary N) is 1. The lowest BCUT2D eigenvalue weighted by Crippen LogP contribution is -2.28. The Bertz CT molecular complexity index is 731. The van der Waals surface area contributed by atoms with Crippen LogP contribution in [0.3, 0.4) is 0 Å². The predicted octanol–water partition coefficient (Wildman–Crippen LogP) is 3.32. The lowest BCUT2D eigenvalue weighted by molar-refractivity contribution is -0.147. The number of hydrogen-bond acceptors (Lipinski definition) is 5. The van der Waals surface area contributed by atoms with E-state index in [1.807, 2.05) is 12.1 Å². The summed E-state index contributed by atoms with van der Waals surface area (Å²) >= 11 is 0. The zero-order valence-corrected chi connectivity index (χ0v) is 14.7. The Morgan fingerprint density at radius 3 is 2.44 bits per heavy atom. The zero-order chi connectivity index (χ0) is 18.4. The fourth-order valence-electron chi connectivity index (χ4n) is 2.24. The maximum absolute atomic E-state index is 11.4. The van der Waals surface area contributed by atoms with Crippen LogP contribution in [0.5, 0.6) is 0 Å². The van der Waals surface area contributed by atoms with Gasteiger partial charge in [-0.05, 0) is 51.1 Å². The minimum Gasteiger partial charge on any atom is -0.481 e. The molecule has 0 saturated carbocycles. The van der Waals surface area contributed by atoms with Gasteiger partial charge in [0.2, 0.25) is 0 Å². The van der Waals surface area contributed by atoms with Crippen molar-refractivity contribution in [2.24, 2.45) is 5.41 Å². The number of rotatable bonds is 8. The topological polar surface area (TPSA) is 88.8 Å². The van der Waals surface area contributed by atoms with Gasteiger partial charge in [-0.25, -0.2) is 4.79 Å². The number of ether oxygens (including phenoxy) is 1. The second kappa shape index (κ2) is 7.98. The van der Waals surface area contributed by atoms with E-state index in [0.29, 0.717) is 30.8 Å². The number of carboxylic acids is 1. The Kier molecular flexibility index (Phi) is 5.98. The maximum atomic E-state index is 11.4. The van der Waals surface area contributed by atoms with Gasteiger partial charge in [0, 0.05) is 5.56 Å². The van der Waals surface area contributed by atoms with Crippen LogP contribution in [0.25, 0.3) is 11.3 Å². The van der Waals surface area contributed by atoms with Gasteiger partial charge in [-0.3, -0.25) is 4.79 Å². The lowest BCUT2D eigenvalue weighted by Gasteiger charge is -2.18. The number of carbonyl (C=O) groups is 2. The molecule has 0 saturated heterocycles. The molecule has 0 atom stereocenters. The smallest absolute Gasteiger partial charge is 0.337 e. The third kappa shape index (κ3) is 4.93. The van der Waals surface area contributed by atoms with Crippen LogP contribution in [0, 0.1) is 5.41 Å². The third-order valence-corrected chi connectivity index (χ3v) is 4.06. The van der Waals surface area contributed by atoms with Gasteiger partial charge in [0.1, 0.15) is 11.5 Å². The predicted molar refractivity (Wildman–Crippen MR) is 93.2 cm³/mol. The monoisotopic (exact) mass is 345 g/mol. The van der Waals surface area contributed by atoms with Crippen molar-refractivity contribution in [1.82, 2.24) is 5.32 Å². The number of hydrogen-bond donors (Lipinski definition) is 2. The Balaban J connectivity index is 1.90. The number of aliphatic carboxylic acids is 1. The van der Waals surface area contributed by atoms with Crippen molar-refractivity contribution in [2.75, 3.05) is 13.7 Å². The minimum atomic E-state index is -0.801. The van der Waals surface area contributed by atoms with Gasteiger partial charge >= 0.3 is 11.9 Å². The largest absolute Gasteiger partial charge is 0.481 e. The fourth-order valence-corrected chi connectivity index (χ4v) is 2.24. The summed E-state index contributed by atoms with van der Waals surface area (Å²) in [5.74, 6) is 0.296. The first-order chi connectivity index (χ1) is 11.8. The first kappa shape index (κ1) is 18.7. The number of benzene rings is 1. The van der Waals surface area contributed by atoms with Gasteiger partial charge < -0.3 is 19.6 Å². The summed E-state index contributed by atoms with van der Waals surface area (Å²) in [7, 11) is 1.35. The van der Waals surface area contributed by atoms with Gasteiger partial charge in [-0.15, -0.1) is 0 Å². The summed E-state index contributed by atoms with van der Waals surface area (Å²) in [4.78, 5) is 22.5. The van der Waals surface area contributed by atoms with E-state index >= 15 is 0 Å². The summed E-state index contributed by atoms with van der Waals surface area (Å²) in [6.45, 7) is 4.53. The highest BCUT2D eigenvalue weighted by Gasteiger charge is 2.26. The highest BCUT2D eigenvalue weighted by Crippen LogP contribution is 2.23. The van der Waals surface area contributed by atoms with E-state index < -0.39 is 11.4 Å². The van der Waals surface area contributed by atoms with Crippen LogP contribution in [-0.4, -0.2) is 30.7 Å². The average Bonchev–Trinajstić information content (AvgIpc) is 3.07. The van der Waals surface area contributed by atoms with E-state index in [2.05, 4.69) is 10.1 Å². The van der Waals surface area contributed by atoms with E-state index in [4.69, 9.17) is 9.52 Å². The Morgan fingerprint density at radius 2 is 1.84 bits per heavy atom. The van der Waals surface area contributed by atoms with Gasteiger partial charge in [0.05, 0.1) is 24.6 Å². The molecule has 2 rings (SSSR count). The van der Waals surface area contributed by atoms with E-state index in [1.54, 1.807) is 38.1 Å². The van der Waals surface area contributed by atoms with Crippen LogP contribution in [0.15, 0.2) is 40.8 Å². The second-order valence-electron chi connectivity index (χ2n) is 6.45. The molecule has 0 bridgehead atoms. The van der Waals surface area contributed by atoms with E-state index in [9.17, 15) is 9.59 Å². The van der Waals surface area contributed by atoms with Crippen molar-refractivity contribution in [2.45, 2.75) is 26.8 Å². The molecule has 2 N–H and O–H groups in total. The van der Waals surface area contributed by atoms with Gasteiger partial charge in [0.25, 0.3) is 0 Å². The molecule has 0 radical (unpaired) electrons. The van der Waals surface area contributed by atoms with E-state index in [-0.39, 0.29) is 5.97 Å². The van der Waals surface area contributed by atoms with Crippen LogP contribution >= 0.6 is 0 Å². The highest BCUT2D eigenvalue weighted by molar-refractivity contribution is 5.89. The summed E-state index contributed by atoms with van der Waals surface area (Å²) < 4.78 is 10.5. The molecule has 25 heavy (non-hydrogen) atoms. The van der Waals surface area contributed by atoms with Crippen LogP contribution in [0.4, 0.5) is 0 Å². The molecular formula is C19H23NO5. The highest BCUT2D eigenvalue weighted by atomic mass is 16.5. The van der Waals surface area contributed by atoms with Gasteiger partial charge in [-0.1, -0.05) is 12.1 Å². The molecule has 6 nitrogen and oxygen atoms in total. The fraction of sp³-hybridized carbons (Fsp3) is 0.368. The molecule has 0 aliphatic rings. The molecular weight excluding hydrogens is 322 g/mol. The number of methoxy groups -OCH3 is 1. The molecule has 0 unspecified atom stereocenters. The molecule has 6 heteroatoms. The molecule has 1 aromatic carbocycles. The maximum Gasteiger partial charge on any atom is 0.337 e. The summed E-state index contributed by atoms with van der Waals surface area (Å²) in [6.07, 6.45) is 0.533. The molecule has 0 fully saturated rings. The zero-order valence-electron chi connectivity index (χ0n) is 14.7. The first-order valence-corrected chi connectivity index (χ1v) is 8.05. The quantitative estimate of drug-likeness (QED) is 0.563. The van der Waals surface area contributed by atoms with Gasteiger partial charge in [0.15, 0.2) is 0 Å². The van der Waals surface area contributed by atoms with Crippen molar-refractivity contribution in [1.29, 1.82) is 0 Å². The summed E-state index contributed by atoms with van der Waals surface area (Å²) in [5.41, 5.74) is 0.606. The number of furan rings is 1. The van der Waals surface area contributed by atoms with Crippen molar-refractivity contribution < 1.29 is 23.8 Å². The van der Waals surface area contributed by atoms with Crippen LogP contribution < -0.4 is 5.32 Å². The first-order valence-electron chi connectivity index (χ1n) is 8.05. The van der Waals surface area contributed by atoms with E-state index in [1.165, 1.54) is 7.11 Å². The molecule has 2 aromatic rings. The minimum absolute atomic E-state index is 0.375. The molecule has 0 amide bonds. The number of esters is 1. The Morgan fingerprint density at radius 1 is 1.16 bits per heavy atom. The van der Waals surface area contributed by atoms with Crippen molar-refractivity contribution in [3.63, 3.8) is 0 Å². The van der Waals surface area contributed by atoms with Crippen LogP contribution in [0.1, 0.15) is 36.4 Å². The molecule has 134 valence electrons. The van der Waals surface area contributed by atoms with E-state index in [0.717, 1.165) is 11.3 Å². The molecule has 1 aromatic heterocycles. The molecule has 1 heterocycles. The van der Waals surface area contributed by atoms with Crippen molar-refractivity contribution >= 4 is 11.9 Å². The summed E-state index contributed by atoms with van der Waals surface area (Å²) in [6, 6.07) is 10.7. The lowest BCUT2D eigenvalue weighted by atomic mass is 9.90. The standard InChI is InChI=1S/C19H23NO5/c1-19(2,18(22)23)10-11-20-12-15-8-9-16(25-15)13-4-6-14(7-5-13)17(21)24-3/h4-9,20H,10-12H2,1-3H3,(H,22,23).